The first-order chi connectivity index (χ1) is 9.52. The van der Waals surface area contributed by atoms with Gasteiger partial charge >= 0.3 is 6.03 Å². The monoisotopic (exact) mass is 297 g/mol. The molecule has 1 fully saturated rings. The van der Waals surface area contributed by atoms with Crippen molar-refractivity contribution in [2.75, 3.05) is 28.2 Å². The van der Waals surface area contributed by atoms with Gasteiger partial charge in [0.15, 0.2) is 0 Å². The molecule has 21 heavy (non-hydrogen) atoms. The van der Waals surface area contributed by atoms with Crippen molar-refractivity contribution in [3.63, 3.8) is 0 Å². The Balaban J connectivity index is 3.20. The number of hydrogen-bond donors (Lipinski definition) is 0. The van der Waals surface area contributed by atoms with Crippen molar-refractivity contribution in [3.05, 3.63) is 0 Å². The Labute approximate surface area is 131 Å². The fraction of sp³-hybridized carbons (Fsp3) is 0.941. The van der Waals surface area contributed by atoms with Gasteiger partial charge in [0, 0.05) is 44.2 Å². The minimum Gasteiger partial charge on any atom is -0.331 e. The van der Waals surface area contributed by atoms with E-state index in [0.717, 1.165) is 19.3 Å². The third-order valence-corrected chi connectivity index (χ3v) is 5.97. The van der Waals surface area contributed by atoms with Crippen molar-refractivity contribution >= 4 is 6.03 Å². The minimum atomic E-state index is 0.0819. The lowest BCUT2D eigenvalue weighted by molar-refractivity contribution is -0.0876. The molecule has 4 heteroatoms. The zero-order chi connectivity index (χ0) is 16.6. The highest BCUT2D eigenvalue weighted by molar-refractivity contribution is 5.74. The van der Waals surface area contributed by atoms with Crippen LogP contribution in [-0.2, 0) is 0 Å². The Morgan fingerprint density at radius 1 is 1.19 bits per heavy atom. The van der Waals surface area contributed by atoms with E-state index >= 15 is 0 Å². The molecule has 0 radical (unpaired) electrons. The first-order valence-corrected chi connectivity index (χ1v) is 8.20. The number of hydrogen-bond acceptors (Lipinski definition) is 2. The predicted molar refractivity (Wildman–Crippen MR) is 89.6 cm³/mol. The molecule has 3 atom stereocenters. The van der Waals surface area contributed by atoms with Gasteiger partial charge in [-0.25, -0.2) is 4.79 Å². The Hall–Kier alpha value is -0.770. The van der Waals surface area contributed by atoms with Crippen molar-refractivity contribution < 1.29 is 4.79 Å². The maximum Gasteiger partial charge on any atom is 0.319 e. The molecule has 0 spiro atoms. The van der Waals surface area contributed by atoms with E-state index in [1.165, 1.54) is 0 Å². The van der Waals surface area contributed by atoms with E-state index in [4.69, 9.17) is 0 Å². The molecule has 1 rings (SSSR count). The quantitative estimate of drug-likeness (QED) is 0.799. The summed E-state index contributed by atoms with van der Waals surface area (Å²) in [5.41, 5.74) is 0.236. The second-order valence-corrected chi connectivity index (χ2v) is 7.71. The maximum atomic E-state index is 12.4. The van der Waals surface area contributed by atoms with E-state index < -0.39 is 0 Å². The summed E-state index contributed by atoms with van der Waals surface area (Å²) in [6, 6.07) is 0.850. The third-order valence-electron chi connectivity index (χ3n) is 5.97. The number of carbonyl (C=O) groups excluding carboxylic acids is 1. The summed E-state index contributed by atoms with van der Waals surface area (Å²) in [5, 5.41) is 0. The van der Waals surface area contributed by atoms with Crippen LogP contribution in [0.25, 0.3) is 0 Å². The van der Waals surface area contributed by atoms with E-state index in [-0.39, 0.29) is 23.0 Å². The van der Waals surface area contributed by atoms with Crippen molar-refractivity contribution in [1.29, 1.82) is 0 Å². The van der Waals surface area contributed by atoms with Gasteiger partial charge in [0.2, 0.25) is 0 Å². The Bertz CT molecular complexity index is 380. The summed E-state index contributed by atoms with van der Waals surface area (Å²) in [7, 11) is 7.88. The molecule has 0 aliphatic carbocycles. The summed E-state index contributed by atoms with van der Waals surface area (Å²) in [5.74, 6) is 0. The molecule has 4 nitrogen and oxygen atoms in total. The molecule has 1 aliphatic rings. The highest BCUT2D eigenvalue weighted by Gasteiger charge is 2.52. The molecule has 0 N–H and O–H groups in total. The van der Waals surface area contributed by atoms with Gasteiger partial charge in [0.25, 0.3) is 0 Å². The average Bonchev–Trinajstić information content (AvgIpc) is 2.41. The van der Waals surface area contributed by atoms with Crippen molar-refractivity contribution in [2.45, 2.75) is 71.5 Å². The van der Waals surface area contributed by atoms with Gasteiger partial charge in [-0.1, -0.05) is 27.7 Å². The van der Waals surface area contributed by atoms with Crippen LogP contribution in [0.1, 0.15) is 53.9 Å². The lowest BCUT2D eigenvalue weighted by atomic mass is 9.65. The first kappa shape index (κ1) is 18.3. The molecule has 0 aromatic heterocycles. The molecule has 0 saturated carbocycles. The van der Waals surface area contributed by atoms with Crippen molar-refractivity contribution in [1.82, 2.24) is 14.7 Å². The molecular weight excluding hydrogens is 262 g/mol. The van der Waals surface area contributed by atoms with Gasteiger partial charge in [-0.15, -0.1) is 0 Å². The summed E-state index contributed by atoms with van der Waals surface area (Å²) in [4.78, 5) is 18.6. The number of likely N-dealkylation sites (tertiary alicyclic amines) is 1. The lowest BCUT2D eigenvalue weighted by Gasteiger charge is -2.60. The Kier molecular flexibility index (Phi) is 5.36. The van der Waals surface area contributed by atoms with E-state index in [2.05, 4.69) is 46.6 Å². The molecular formula is C17H35N3O. The van der Waals surface area contributed by atoms with Crippen LogP contribution in [0.2, 0.25) is 0 Å². The number of carbonyl (C=O) groups is 1. The lowest BCUT2D eigenvalue weighted by Crippen LogP contribution is -2.68. The topological polar surface area (TPSA) is 26.8 Å². The van der Waals surface area contributed by atoms with Crippen molar-refractivity contribution in [3.8, 4) is 0 Å². The Morgan fingerprint density at radius 2 is 1.71 bits per heavy atom. The van der Waals surface area contributed by atoms with E-state index in [1.54, 1.807) is 4.90 Å². The van der Waals surface area contributed by atoms with Crippen LogP contribution in [0.5, 0.6) is 0 Å². The molecule has 1 aliphatic heterocycles. The zero-order valence-corrected chi connectivity index (χ0v) is 15.5. The SMILES string of the molecule is CCC1N(C)C(C)(CC)CC(N(C)C(=O)N(C)C)C1(C)C. The van der Waals surface area contributed by atoms with Crippen LogP contribution < -0.4 is 0 Å². The van der Waals surface area contributed by atoms with Gasteiger partial charge in [0.1, 0.15) is 0 Å². The second kappa shape index (κ2) is 6.15. The van der Waals surface area contributed by atoms with Gasteiger partial charge in [-0.05, 0) is 33.2 Å². The molecule has 0 aromatic rings. The fourth-order valence-corrected chi connectivity index (χ4v) is 4.20. The molecule has 2 amide bonds. The number of urea groups is 1. The number of amides is 2. The fourth-order valence-electron chi connectivity index (χ4n) is 4.20. The van der Waals surface area contributed by atoms with Crippen LogP contribution in [0, 0.1) is 5.41 Å². The number of piperidine rings is 1. The normalized spacial score (nSPS) is 32.8. The molecule has 0 aromatic carbocycles. The zero-order valence-electron chi connectivity index (χ0n) is 15.5. The highest BCUT2D eigenvalue weighted by atomic mass is 16.2. The second-order valence-electron chi connectivity index (χ2n) is 7.71. The summed E-state index contributed by atoms with van der Waals surface area (Å²) >= 11 is 0. The van der Waals surface area contributed by atoms with E-state index in [0.29, 0.717) is 6.04 Å². The van der Waals surface area contributed by atoms with Crippen LogP contribution in [0.15, 0.2) is 0 Å². The molecule has 1 heterocycles. The van der Waals surface area contributed by atoms with Gasteiger partial charge < -0.3 is 9.80 Å². The summed E-state index contributed by atoms with van der Waals surface area (Å²) < 4.78 is 0. The van der Waals surface area contributed by atoms with E-state index in [9.17, 15) is 4.79 Å². The summed E-state index contributed by atoms with van der Waals surface area (Å²) in [6.45, 7) is 11.5. The molecule has 124 valence electrons. The van der Waals surface area contributed by atoms with Crippen LogP contribution >= 0.6 is 0 Å². The predicted octanol–water partition coefficient (Wildman–Crippen LogP) is 3.28. The van der Waals surface area contributed by atoms with Gasteiger partial charge in [-0.3, -0.25) is 4.90 Å². The third kappa shape index (κ3) is 3.05. The average molecular weight is 297 g/mol. The van der Waals surface area contributed by atoms with Crippen molar-refractivity contribution in [2.24, 2.45) is 5.41 Å². The van der Waals surface area contributed by atoms with E-state index in [1.807, 2.05) is 26.0 Å². The van der Waals surface area contributed by atoms with Crippen LogP contribution in [-0.4, -0.2) is 66.5 Å². The van der Waals surface area contributed by atoms with Crippen LogP contribution in [0.4, 0.5) is 4.79 Å². The molecule has 1 saturated heterocycles. The Morgan fingerprint density at radius 3 is 2.10 bits per heavy atom. The van der Waals surface area contributed by atoms with Gasteiger partial charge in [-0.2, -0.15) is 0 Å². The number of nitrogens with zero attached hydrogens (tertiary/aromatic N) is 3. The smallest absolute Gasteiger partial charge is 0.319 e. The first-order valence-electron chi connectivity index (χ1n) is 8.20. The van der Waals surface area contributed by atoms with Crippen LogP contribution in [0.3, 0.4) is 0 Å². The molecule has 3 unspecified atom stereocenters. The maximum absolute atomic E-state index is 12.4. The largest absolute Gasteiger partial charge is 0.331 e. The summed E-state index contributed by atoms with van der Waals surface area (Å²) in [6.07, 6.45) is 3.25. The highest BCUT2D eigenvalue weighted by Crippen LogP contribution is 2.46. The number of rotatable bonds is 3. The minimum absolute atomic E-state index is 0.0819. The standard InChI is InChI=1S/C17H35N3O/c1-10-13-16(3,4)14(19(8)15(21)18(6)7)12-17(5,11-2)20(13)9/h13-14H,10-12H2,1-9H3. The molecule has 0 bridgehead atoms. The van der Waals surface area contributed by atoms with Gasteiger partial charge in [0.05, 0.1) is 0 Å².